The summed E-state index contributed by atoms with van der Waals surface area (Å²) in [4.78, 5) is 24.2. The van der Waals surface area contributed by atoms with Crippen molar-refractivity contribution in [3.8, 4) is 11.8 Å². The van der Waals surface area contributed by atoms with E-state index in [1.165, 1.54) is 6.08 Å². The van der Waals surface area contributed by atoms with Crippen LogP contribution in [0.3, 0.4) is 0 Å². The Bertz CT molecular complexity index is 964. The van der Waals surface area contributed by atoms with Crippen molar-refractivity contribution >= 4 is 18.0 Å². The zero-order chi connectivity index (χ0) is 20.8. The van der Waals surface area contributed by atoms with Gasteiger partial charge >= 0.3 is 5.97 Å². The van der Waals surface area contributed by atoms with Gasteiger partial charge in [0.15, 0.2) is 6.61 Å². The van der Waals surface area contributed by atoms with E-state index >= 15 is 0 Å². The first kappa shape index (κ1) is 20.3. The molecule has 2 aromatic rings. The van der Waals surface area contributed by atoms with E-state index in [2.05, 4.69) is 10.4 Å². The zero-order valence-electron chi connectivity index (χ0n) is 16.6. The number of esters is 1. The van der Waals surface area contributed by atoms with Crippen molar-refractivity contribution < 1.29 is 14.3 Å². The molecular formula is C22H24N4O3. The Morgan fingerprint density at radius 3 is 2.62 bits per heavy atom. The average Bonchev–Trinajstić information content (AvgIpc) is 3.33. The maximum atomic E-state index is 12.3. The van der Waals surface area contributed by atoms with Crippen molar-refractivity contribution in [1.82, 2.24) is 15.1 Å². The molecule has 7 nitrogen and oxygen atoms in total. The summed E-state index contributed by atoms with van der Waals surface area (Å²) in [5.41, 5.74) is 2.88. The van der Waals surface area contributed by atoms with Gasteiger partial charge in [-0.2, -0.15) is 10.4 Å². The van der Waals surface area contributed by atoms with Crippen LogP contribution in [0.25, 0.3) is 11.8 Å². The summed E-state index contributed by atoms with van der Waals surface area (Å²) in [6.07, 6.45) is 5.57. The van der Waals surface area contributed by atoms with Crippen LogP contribution in [0.4, 0.5) is 0 Å². The normalized spacial score (nSPS) is 14.4. The predicted molar refractivity (Wildman–Crippen MR) is 108 cm³/mol. The molecule has 1 aliphatic rings. The van der Waals surface area contributed by atoms with E-state index in [1.807, 2.05) is 50.2 Å². The molecule has 1 aromatic carbocycles. The number of hydrogen-bond acceptors (Lipinski definition) is 5. The standard InChI is InChI=1S/C22H24N4O3/c1-15-20(16(2)26(25-15)19-10-4-3-5-11-19)12-17(13-23)22(28)29-14-21(27)24-18-8-6-7-9-18/h3-5,10-12,18H,6-9,14H2,1-2H3,(H,24,27). The first-order valence-electron chi connectivity index (χ1n) is 9.69. The highest BCUT2D eigenvalue weighted by Crippen LogP contribution is 2.21. The smallest absolute Gasteiger partial charge is 0.349 e. The van der Waals surface area contributed by atoms with Crippen LogP contribution in [0.5, 0.6) is 0 Å². The molecule has 1 aromatic heterocycles. The molecule has 1 heterocycles. The lowest BCUT2D eigenvalue weighted by atomic mass is 10.1. The van der Waals surface area contributed by atoms with Gasteiger partial charge in [0.1, 0.15) is 11.6 Å². The van der Waals surface area contributed by atoms with Gasteiger partial charge in [-0.3, -0.25) is 4.79 Å². The Morgan fingerprint density at radius 1 is 1.28 bits per heavy atom. The molecule has 0 unspecified atom stereocenters. The van der Waals surface area contributed by atoms with Crippen LogP contribution in [0.2, 0.25) is 0 Å². The molecule has 0 atom stereocenters. The van der Waals surface area contributed by atoms with Crippen LogP contribution in [0.15, 0.2) is 35.9 Å². The SMILES string of the molecule is Cc1nn(-c2ccccc2)c(C)c1C=C(C#N)C(=O)OCC(=O)NC1CCCC1. The fraction of sp³-hybridized carbons (Fsp3) is 0.364. The van der Waals surface area contributed by atoms with Crippen LogP contribution >= 0.6 is 0 Å². The number of rotatable bonds is 6. The van der Waals surface area contributed by atoms with Gasteiger partial charge in [-0.25, -0.2) is 9.48 Å². The summed E-state index contributed by atoms with van der Waals surface area (Å²) in [7, 11) is 0. The summed E-state index contributed by atoms with van der Waals surface area (Å²) in [5.74, 6) is -1.16. The Balaban J connectivity index is 1.71. The number of nitrogens with zero attached hydrogens (tertiary/aromatic N) is 3. The minimum absolute atomic E-state index is 0.154. The number of para-hydroxylation sites is 1. The lowest BCUT2D eigenvalue weighted by molar-refractivity contribution is -0.144. The number of hydrogen-bond donors (Lipinski definition) is 1. The van der Waals surface area contributed by atoms with Gasteiger partial charge in [0, 0.05) is 17.3 Å². The van der Waals surface area contributed by atoms with Gasteiger partial charge in [0.2, 0.25) is 0 Å². The fourth-order valence-corrected chi connectivity index (χ4v) is 3.51. The number of ether oxygens (including phenoxy) is 1. The van der Waals surface area contributed by atoms with Gasteiger partial charge < -0.3 is 10.1 Å². The highest BCUT2D eigenvalue weighted by Gasteiger charge is 2.20. The minimum Gasteiger partial charge on any atom is -0.451 e. The third-order valence-electron chi connectivity index (χ3n) is 5.03. The highest BCUT2D eigenvalue weighted by atomic mass is 16.5. The summed E-state index contributed by atoms with van der Waals surface area (Å²) in [5, 5.41) is 16.8. The molecule has 1 saturated carbocycles. The number of aromatic nitrogens is 2. The van der Waals surface area contributed by atoms with Crippen molar-refractivity contribution in [2.24, 2.45) is 0 Å². The third-order valence-corrected chi connectivity index (χ3v) is 5.03. The zero-order valence-corrected chi connectivity index (χ0v) is 16.6. The van der Waals surface area contributed by atoms with Crippen molar-refractivity contribution in [3.05, 3.63) is 52.9 Å². The lowest BCUT2D eigenvalue weighted by Gasteiger charge is -2.11. The van der Waals surface area contributed by atoms with E-state index in [0.29, 0.717) is 11.3 Å². The molecule has 3 rings (SSSR count). The van der Waals surface area contributed by atoms with Crippen LogP contribution in [-0.4, -0.2) is 34.3 Å². The maximum Gasteiger partial charge on any atom is 0.349 e. The number of benzene rings is 1. The number of carbonyl (C=O) groups excluding carboxylic acids is 2. The summed E-state index contributed by atoms with van der Waals surface area (Å²) in [6, 6.07) is 11.6. The van der Waals surface area contributed by atoms with Crippen molar-refractivity contribution in [1.29, 1.82) is 5.26 Å². The monoisotopic (exact) mass is 392 g/mol. The van der Waals surface area contributed by atoms with Gasteiger partial charge in [0.05, 0.1) is 11.4 Å². The van der Waals surface area contributed by atoms with E-state index in [1.54, 1.807) is 4.68 Å². The van der Waals surface area contributed by atoms with Gasteiger partial charge in [-0.15, -0.1) is 0 Å². The average molecular weight is 392 g/mol. The molecule has 0 bridgehead atoms. The fourth-order valence-electron chi connectivity index (χ4n) is 3.51. The summed E-state index contributed by atoms with van der Waals surface area (Å²) >= 11 is 0. The molecule has 7 heteroatoms. The molecule has 1 amide bonds. The molecule has 1 fully saturated rings. The van der Waals surface area contributed by atoms with Gasteiger partial charge in [-0.05, 0) is 44.9 Å². The molecular weight excluding hydrogens is 368 g/mol. The maximum absolute atomic E-state index is 12.3. The molecule has 29 heavy (non-hydrogen) atoms. The highest BCUT2D eigenvalue weighted by molar-refractivity contribution is 5.99. The number of aryl methyl sites for hydroxylation is 1. The third kappa shape index (κ3) is 4.91. The Morgan fingerprint density at radius 2 is 1.97 bits per heavy atom. The molecule has 1 N–H and O–H groups in total. The van der Waals surface area contributed by atoms with E-state index in [-0.39, 0.29) is 17.5 Å². The predicted octanol–water partition coefficient (Wildman–Crippen LogP) is 3.00. The first-order valence-corrected chi connectivity index (χ1v) is 9.69. The van der Waals surface area contributed by atoms with Crippen molar-refractivity contribution in [2.45, 2.75) is 45.6 Å². The summed E-state index contributed by atoms with van der Waals surface area (Å²) < 4.78 is 6.80. The molecule has 150 valence electrons. The Labute approximate surface area is 170 Å². The number of amides is 1. The number of nitriles is 1. The lowest BCUT2D eigenvalue weighted by Crippen LogP contribution is -2.36. The Kier molecular flexibility index (Phi) is 6.45. The van der Waals surface area contributed by atoms with Crippen LogP contribution in [0.1, 0.15) is 42.6 Å². The number of nitrogens with one attached hydrogen (secondary N) is 1. The van der Waals surface area contributed by atoms with E-state index < -0.39 is 12.6 Å². The topological polar surface area (TPSA) is 97.0 Å². The molecule has 0 saturated heterocycles. The molecule has 0 aliphatic heterocycles. The van der Waals surface area contributed by atoms with Gasteiger partial charge in [-0.1, -0.05) is 31.0 Å². The van der Waals surface area contributed by atoms with Crippen LogP contribution in [-0.2, 0) is 14.3 Å². The number of carbonyl (C=O) groups is 2. The first-order chi connectivity index (χ1) is 14.0. The minimum atomic E-state index is -0.819. The second-order valence-corrected chi connectivity index (χ2v) is 7.13. The quantitative estimate of drug-likeness (QED) is 0.463. The second-order valence-electron chi connectivity index (χ2n) is 7.13. The molecule has 0 spiro atoms. The van der Waals surface area contributed by atoms with Crippen LogP contribution in [0, 0.1) is 25.2 Å². The van der Waals surface area contributed by atoms with E-state index in [4.69, 9.17) is 4.74 Å². The summed E-state index contributed by atoms with van der Waals surface area (Å²) in [6.45, 7) is 3.29. The Hall–Kier alpha value is -3.40. The van der Waals surface area contributed by atoms with Crippen molar-refractivity contribution in [2.75, 3.05) is 6.61 Å². The largest absolute Gasteiger partial charge is 0.451 e. The molecule has 0 radical (unpaired) electrons. The van der Waals surface area contributed by atoms with Gasteiger partial charge in [0.25, 0.3) is 5.91 Å². The molecule has 1 aliphatic carbocycles. The second kappa shape index (κ2) is 9.20. The van der Waals surface area contributed by atoms with Crippen LogP contribution < -0.4 is 5.32 Å². The van der Waals surface area contributed by atoms with Crippen molar-refractivity contribution in [3.63, 3.8) is 0 Å². The van der Waals surface area contributed by atoms with E-state index in [9.17, 15) is 14.9 Å². The van der Waals surface area contributed by atoms with E-state index in [0.717, 1.165) is 37.1 Å².